The van der Waals surface area contributed by atoms with Crippen LogP contribution in [0.5, 0.6) is 0 Å². The van der Waals surface area contributed by atoms with Gasteiger partial charge in [0.15, 0.2) is 5.96 Å². The molecule has 0 aromatic heterocycles. The predicted octanol–water partition coefficient (Wildman–Crippen LogP) is 1.52. The fourth-order valence-electron chi connectivity index (χ4n) is 2.08. The average molecular weight is 227 g/mol. The third kappa shape index (κ3) is 5.35. The van der Waals surface area contributed by atoms with E-state index in [0.717, 1.165) is 19.1 Å². The molecule has 1 saturated carbocycles. The van der Waals surface area contributed by atoms with Crippen LogP contribution in [0.25, 0.3) is 0 Å². The average Bonchev–Trinajstić information content (AvgIpc) is 2.58. The molecule has 1 rings (SSSR count). The van der Waals surface area contributed by atoms with Crippen molar-refractivity contribution in [3.05, 3.63) is 0 Å². The lowest BCUT2D eigenvalue weighted by Crippen LogP contribution is -2.37. The topological polar surface area (TPSA) is 45.7 Å². The summed E-state index contributed by atoms with van der Waals surface area (Å²) >= 11 is 0. The summed E-state index contributed by atoms with van der Waals surface area (Å²) in [5.74, 6) is 0.824. The lowest BCUT2D eigenvalue weighted by Gasteiger charge is -2.16. The van der Waals surface area contributed by atoms with Gasteiger partial charge in [-0.15, -0.1) is 0 Å². The van der Waals surface area contributed by atoms with Gasteiger partial charge in [0.25, 0.3) is 0 Å². The Balaban J connectivity index is 2.05. The fraction of sp³-hybridized carbons (Fsp3) is 0.917. The molecule has 0 amide bonds. The number of ether oxygens (including phenoxy) is 1. The minimum absolute atomic E-state index is 0.487. The van der Waals surface area contributed by atoms with Crippen LogP contribution in [0.2, 0.25) is 0 Å². The first-order valence-corrected chi connectivity index (χ1v) is 6.37. The van der Waals surface area contributed by atoms with E-state index in [0.29, 0.717) is 6.10 Å². The maximum absolute atomic E-state index is 5.86. The van der Waals surface area contributed by atoms with Gasteiger partial charge in [0.2, 0.25) is 0 Å². The second-order valence-electron chi connectivity index (χ2n) is 4.23. The Kier molecular flexibility index (Phi) is 6.97. The molecule has 0 radical (unpaired) electrons. The molecule has 0 aliphatic heterocycles. The Morgan fingerprint density at radius 1 is 1.25 bits per heavy atom. The van der Waals surface area contributed by atoms with Gasteiger partial charge in [0.1, 0.15) is 0 Å². The maximum atomic E-state index is 5.86. The predicted molar refractivity (Wildman–Crippen MR) is 67.9 cm³/mol. The molecule has 94 valence electrons. The van der Waals surface area contributed by atoms with Crippen molar-refractivity contribution < 1.29 is 4.74 Å². The summed E-state index contributed by atoms with van der Waals surface area (Å²) in [4.78, 5) is 4.04. The summed E-state index contributed by atoms with van der Waals surface area (Å²) in [6, 6.07) is 0. The Hall–Kier alpha value is -0.770. The molecule has 4 heteroatoms. The molecular formula is C12H25N3O. The fourth-order valence-corrected chi connectivity index (χ4v) is 2.08. The van der Waals surface area contributed by atoms with Gasteiger partial charge in [-0.1, -0.05) is 25.7 Å². The van der Waals surface area contributed by atoms with E-state index in [1.165, 1.54) is 38.5 Å². The third-order valence-electron chi connectivity index (χ3n) is 3.01. The van der Waals surface area contributed by atoms with Crippen molar-refractivity contribution in [2.75, 3.05) is 27.2 Å². The Morgan fingerprint density at radius 3 is 2.50 bits per heavy atom. The van der Waals surface area contributed by atoms with Crippen LogP contribution in [0.4, 0.5) is 0 Å². The van der Waals surface area contributed by atoms with E-state index in [1.807, 2.05) is 7.05 Å². The third-order valence-corrected chi connectivity index (χ3v) is 3.01. The smallest absolute Gasteiger partial charge is 0.190 e. The van der Waals surface area contributed by atoms with Crippen molar-refractivity contribution in [2.24, 2.45) is 4.99 Å². The summed E-state index contributed by atoms with van der Waals surface area (Å²) in [6.07, 6.45) is 8.38. The summed E-state index contributed by atoms with van der Waals surface area (Å²) in [7, 11) is 3.63. The van der Waals surface area contributed by atoms with E-state index in [2.05, 4.69) is 15.6 Å². The van der Waals surface area contributed by atoms with E-state index in [1.54, 1.807) is 7.05 Å². The van der Waals surface area contributed by atoms with Crippen molar-refractivity contribution in [1.29, 1.82) is 0 Å². The maximum Gasteiger partial charge on any atom is 0.190 e. The highest BCUT2D eigenvalue weighted by Gasteiger charge is 2.11. The van der Waals surface area contributed by atoms with Gasteiger partial charge in [-0.2, -0.15) is 0 Å². The number of nitrogens with zero attached hydrogens (tertiary/aromatic N) is 1. The first kappa shape index (κ1) is 13.3. The molecule has 0 atom stereocenters. The molecule has 1 aliphatic carbocycles. The van der Waals surface area contributed by atoms with E-state index < -0.39 is 0 Å². The number of guanidine groups is 1. The van der Waals surface area contributed by atoms with Gasteiger partial charge in [-0.25, -0.2) is 0 Å². The van der Waals surface area contributed by atoms with Gasteiger partial charge in [0, 0.05) is 20.6 Å². The van der Waals surface area contributed by atoms with Crippen LogP contribution in [-0.2, 0) is 4.74 Å². The minimum Gasteiger partial charge on any atom is -0.376 e. The molecule has 16 heavy (non-hydrogen) atoms. The van der Waals surface area contributed by atoms with Gasteiger partial charge in [0.05, 0.1) is 12.7 Å². The lowest BCUT2D eigenvalue weighted by atomic mass is 10.1. The summed E-state index contributed by atoms with van der Waals surface area (Å²) in [5, 5.41) is 6.17. The molecule has 4 nitrogen and oxygen atoms in total. The summed E-state index contributed by atoms with van der Waals surface area (Å²) in [5.41, 5.74) is 0. The zero-order valence-corrected chi connectivity index (χ0v) is 10.6. The molecule has 1 fully saturated rings. The van der Waals surface area contributed by atoms with Crippen LogP contribution in [0.3, 0.4) is 0 Å². The van der Waals surface area contributed by atoms with E-state index in [9.17, 15) is 0 Å². The van der Waals surface area contributed by atoms with Gasteiger partial charge in [-0.3, -0.25) is 4.99 Å². The van der Waals surface area contributed by atoms with Crippen molar-refractivity contribution >= 4 is 5.96 Å². The van der Waals surface area contributed by atoms with Crippen LogP contribution in [0.15, 0.2) is 4.99 Å². The van der Waals surface area contributed by atoms with Crippen LogP contribution in [-0.4, -0.2) is 39.3 Å². The van der Waals surface area contributed by atoms with Crippen molar-refractivity contribution in [2.45, 2.75) is 44.6 Å². The van der Waals surface area contributed by atoms with E-state index in [-0.39, 0.29) is 0 Å². The molecule has 0 spiro atoms. The number of rotatable bonds is 4. The van der Waals surface area contributed by atoms with Crippen LogP contribution < -0.4 is 10.6 Å². The molecule has 0 aromatic carbocycles. The Labute approximate surface area is 98.9 Å². The standard InChI is InChI=1S/C12H25N3O/c1-13-12(14-2)15-9-10-16-11-7-5-3-4-6-8-11/h11H,3-10H2,1-2H3,(H2,13,14,15). The number of hydrogen-bond donors (Lipinski definition) is 2. The molecule has 0 heterocycles. The normalized spacial score (nSPS) is 19.2. The zero-order valence-electron chi connectivity index (χ0n) is 10.6. The SMILES string of the molecule is CN=C(NC)NCCOC1CCCCCC1. The summed E-state index contributed by atoms with van der Waals surface area (Å²) < 4.78 is 5.86. The second kappa shape index (κ2) is 8.39. The monoisotopic (exact) mass is 227 g/mol. The second-order valence-corrected chi connectivity index (χ2v) is 4.23. The Bertz CT molecular complexity index is 198. The van der Waals surface area contributed by atoms with Crippen LogP contribution in [0.1, 0.15) is 38.5 Å². The number of nitrogens with one attached hydrogen (secondary N) is 2. The highest BCUT2D eigenvalue weighted by molar-refractivity contribution is 5.79. The zero-order chi connectivity index (χ0) is 11.6. The molecular weight excluding hydrogens is 202 g/mol. The summed E-state index contributed by atoms with van der Waals surface area (Å²) in [6.45, 7) is 1.59. The van der Waals surface area contributed by atoms with Crippen molar-refractivity contribution in [1.82, 2.24) is 10.6 Å². The highest BCUT2D eigenvalue weighted by atomic mass is 16.5. The van der Waals surface area contributed by atoms with Gasteiger partial charge < -0.3 is 15.4 Å². The molecule has 0 unspecified atom stereocenters. The van der Waals surface area contributed by atoms with Gasteiger partial charge in [-0.05, 0) is 12.8 Å². The number of hydrogen-bond acceptors (Lipinski definition) is 2. The van der Waals surface area contributed by atoms with Gasteiger partial charge >= 0.3 is 0 Å². The van der Waals surface area contributed by atoms with Crippen molar-refractivity contribution in [3.63, 3.8) is 0 Å². The lowest BCUT2D eigenvalue weighted by molar-refractivity contribution is 0.0468. The first-order valence-electron chi connectivity index (χ1n) is 6.37. The highest BCUT2D eigenvalue weighted by Crippen LogP contribution is 2.19. The van der Waals surface area contributed by atoms with E-state index >= 15 is 0 Å². The molecule has 0 aromatic rings. The Morgan fingerprint density at radius 2 is 1.94 bits per heavy atom. The van der Waals surface area contributed by atoms with E-state index in [4.69, 9.17) is 4.74 Å². The van der Waals surface area contributed by atoms with Crippen LogP contribution in [0, 0.1) is 0 Å². The molecule has 0 saturated heterocycles. The number of aliphatic imine (C=N–C) groups is 1. The molecule has 1 aliphatic rings. The quantitative estimate of drug-likeness (QED) is 0.331. The minimum atomic E-state index is 0.487. The first-order chi connectivity index (χ1) is 7.86. The molecule has 0 bridgehead atoms. The van der Waals surface area contributed by atoms with Crippen LogP contribution >= 0.6 is 0 Å². The van der Waals surface area contributed by atoms with Crippen molar-refractivity contribution in [3.8, 4) is 0 Å². The molecule has 2 N–H and O–H groups in total. The largest absolute Gasteiger partial charge is 0.376 e.